The second-order valence-corrected chi connectivity index (χ2v) is 5.75. The largest absolute Gasteiger partial charge is 0.468 e. The molecule has 0 aromatic heterocycles. The molecule has 2 aliphatic rings. The number of allylic oxidation sites excluding steroid dienone is 1. The molecular formula is C17H18O3. The van der Waals surface area contributed by atoms with E-state index in [2.05, 4.69) is 6.07 Å². The van der Waals surface area contributed by atoms with E-state index in [9.17, 15) is 9.59 Å². The Labute approximate surface area is 118 Å². The van der Waals surface area contributed by atoms with Crippen LogP contribution in [0.5, 0.6) is 0 Å². The van der Waals surface area contributed by atoms with Crippen molar-refractivity contribution in [2.24, 2.45) is 11.3 Å². The molecule has 1 aromatic carbocycles. The molecule has 0 N–H and O–H groups in total. The van der Waals surface area contributed by atoms with Crippen LogP contribution < -0.4 is 0 Å². The van der Waals surface area contributed by atoms with Gasteiger partial charge in [-0.15, -0.1) is 0 Å². The van der Waals surface area contributed by atoms with Crippen LogP contribution in [0.25, 0.3) is 5.57 Å². The number of hydrogen-bond acceptors (Lipinski definition) is 3. The first-order chi connectivity index (χ1) is 9.59. The number of esters is 1. The van der Waals surface area contributed by atoms with E-state index < -0.39 is 5.41 Å². The average Bonchev–Trinajstić information content (AvgIpc) is 2.46. The lowest BCUT2D eigenvalue weighted by molar-refractivity contribution is -0.153. The number of rotatable bonds is 1. The Balaban J connectivity index is 2.24. The summed E-state index contributed by atoms with van der Waals surface area (Å²) >= 11 is 0. The van der Waals surface area contributed by atoms with Gasteiger partial charge in [0.2, 0.25) is 0 Å². The Hall–Kier alpha value is -1.90. The highest BCUT2D eigenvalue weighted by atomic mass is 16.5. The monoisotopic (exact) mass is 270 g/mol. The average molecular weight is 270 g/mol. The molecule has 0 bridgehead atoms. The maximum absolute atomic E-state index is 12.5. The molecule has 0 fully saturated rings. The number of carbonyl (C=O) groups is 2. The zero-order valence-electron chi connectivity index (χ0n) is 11.8. The third-order valence-corrected chi connectivity index (χ3v) is 4.78. The number of ether oxygens (including phenoxy) is 1. The van der Waals surface area contributed by atoms with Crippen LogP contribution in [-0.2, 0) is 20.7 Å². The van der Waals surface area contributed by atoms with Gasteiger partial charge in [0.25, 0.3) is 0 Å². The summed E-state index contributed by atoms with van der Waals surface area (Å²) in [5.74, 6) is -0.127. The number of carbonyl (C=O) groups excluding carboxylic acids is 2. The van der Waals surface area contributed by atoms with Crippen molar-refractivity contribution in [3.05, 3.63) is 41.5 Å². The van der Waals surface area contributed by atoms with Crippen molar-refractivity contribution in [1.82, 2.24) is 0 Å². The fraction of sp³-hybridized carbons (Fsp3) is 0.412. The van der Waals surface area contributed by atoms with E-state index >= 15 is 0 Å². The molecule has 1 aromatic rings. The van der Waals surface area contributed by atoms with Gasteiger partial charge in [0.05, 0.1) is 12.5 Å². The van der Waals surface area contributed by atoms with Gasteiger partial charge >= 0.3 is 5.97 Å². The van der Waals surface area contributed by atoms with Crippen LogP contribution in [0.1, 0.15) is 30.9 Å². The van der Waals surface area contributed by atoms with Gasteiger partial charge in [-0.2, -0.15) is 0 Å². The predicted octanol–water partition coefficient (Wildman–Crippen LogP) is 2.78. The minimum atomic E-state index is -0.656. The first kappa shape index (κ1) is 13.1. The van der Waals surface area contributed by atoms with Gasteiger partial charge in [0.15, 0.2) is 5.78 Å². The van der Waals surface area contributed by atoms with Gasteiger partial charge in [-0.1, -0.05) is 31.2 Å². The highest BCUT2D eigenvalue weighted by Gasteiger charge is 2.52. The SMILES string of the molecule is COC(=O)[C@]12CCc3ccccc3C1=CC(=O)C[C@@H]2C. The molecule has 0 amide bonds. The number of aryl methyl sites for hydroxylation is 1. The van der Waals surface area contributed by atoms with Crippen LogP contribution in [0.2, 0.25) is 0 Å². The molecule has 0 heterocycles. The van der Waals surface area contributed by atoms with E-state index in [1.165, 1.54) is 12.7 Å². The zero-order valence-corrected chi connectivity index (χ0v) is 11.8. The predicted molar refractivity (Wildman–Crippen MR) is 76.0 cm³/mol. The summed E-state index contributed by atoms with van der Waals surface area (Å²) in [4.78, 5) is 24.4. The fourth-order valence-electron chi connectivity index (χ4n) is 3.72. The third kappa shape index (κ3) is 1.65. The number of hydrogen-bond donors (Lipinski definition) is 0. The minimum absolute atomic E-state index is 0.0178. The summed E-state index contributed by atoms with van der Waals surface area (Å²) in [6.07, 6.45) is 3.65. The lowest BCUT2D eigenvalue weighted by Crippen LogP contribution is -2.45. The standard InChI is InChI=1S/C17H18O3/c1-11-9-13(18)10-15-14-6-4-3-5-12(14)7-8-17(11,15)16(19)20-2/h3-6,10-11H,7-9H2,1-2H3/t11-,17-/m0/s1. The quantitative estimate of drug-likeness (QED) is 0.737. The molecule has 0 unspecified atom stereocenters. The molecule has 0 saturated heterocycles. The van der Waals surface area contributed by atoms with Gasteiger partial charge in [0.1, 0.15) is 0 Å². The van der Waals surface area contributed by atoms with Crippen molar-refractivity contribution >= 4 is 17.3 Å². The van der Waals surface area contributed by atoms with E-state index in [0.29, 0.717) is 6.42 Å². The van der Waals surface area contributed by atoms with Crippen molar-refractivity contribution in [2.75, 3.05) is 7.11 Å². The smallest absolute Gasteiger partial charge is 0.316 e. The number of ketones is 1. The Bertz CT molecular complexity index is 614. The van der Waals surface area contributed by atoms with Crippen molar-refractivity contribution in [1.29, 1.82) is 0 Å². The molecule has 2 aliphatic carbocycles. The van der Waals surface area contributed by atoms with Crippen LogP contribution in [0.15, 0.2) is 30.3 Å². The second-order valence-electron chi connectivity index (χ2n) is 5.75. The summed E-state index contributed by atoms with van der Waals surface area (Å²) in [5.41, 5.74) is 2.44. The van der Waals surface area contributed by atoms with E-state index in [0.717, 1.165) is 24.0 Å². The second kappa shape index (κ2) is 4.58. The molecule has 0 saturated carbocycles. The van der Waals surface area contributed by atoms with Gasteiger partial charge in [-0.05, 0) is 41.5 Å². The number of methoxy groups -OCH3 is 1. The van der Waals surface area contributed by atoms with Crippen molar-refractivity contribution in [3.8, 4) is 0 Å². The van der Waals surface area contributed by atoms with Gasteiger partial charge in [0, 0.05) is 6.42 Å². The molecule has 0 radical (unpaired) electrons. The summed E-state index contributed by atoms with van der Waals surface area (Å²) in [7, 11) is 1.43. The summed E-state index contributed by atoms with van der Waals surface area (Å²) in [6.45, 7) is 1.98. The van der Waals surface area contributed by atoms with Crippen molar-refractivity contribution in [3.63, 3.8) is 0 Å². The highest BCUT2D eigenvalue weighted by molar-refractivity contribution is 6.07. The lowest BCUT2D eigenvalue weighted by Gasteiger charge is -2.44. The fourth-order valence-corrected chi connectivity index (χ4v) is 3.72. The molecular weight excluding hydrogens is 252 g/mol. The topological polar surface area (TPSA) is 43.4 Å². The Morgan fingerprint density at radius 2 is 2.10 bits per heavy atom. The van der Waals surface area contributed by atoms with Crippen molar-refractivity contribution < 1.29 is 14.3 Å². The third-order valence-electron chi connectivity index (χ3n) is 4.78. The van der Waals surface area contributed by atoms with Gasteiger partial charge < -0.3 is 4.74 Å². The van der Waals surface area contributed by atoms with Gasteiger partial charge in [-0.3, -0.25) is 9.59 Å². The summed E-state index contributed by atoms with van der Waals surface area (Å²) < 4.78 is 5.08. The number of benzene rings is 1. The molecule has 3 rings (SSSR count). The zero-order chi connectivity index (χ0) is 14.3. The highest BCUT2D eigenvalue weighted by Crippen LogP contribution is 2.53. The van der Waals surface area contributed by atoms with E-state index in [1.54, 1.807) is 6.08 Å². The maximum atomic E-state index is 12.5. The molecule has 3 nitrogen and oxygen atoms in total. The molecule has 0 spiro atoms. The van der Waals surface area contributed by atoms with Crippen LogP contribution in [0.3, 0.4) is 0 Å². The van der Waals surface area contributed by atoms with E-state index in [-0.39, 0.29) is 17.7 Å². The first-order valence-electron chi connectivity index (χ1n) is 7.01. The maximum Gasteiger partial charge on any atom is 0.316 e. The molecule has 20 heavy (non-hydrogen) atoms. The Morgan fingerprint density at radius 1 is 1.35 bits per heavy atom. The Morgan fingerprint density at radius 3 is 2.85 bits per heavy atom. The first-order valence-corrected chi connectivity index (χ1v) is 7.01. The van der Waals surface area contributed by atoms with Crippen LogP contribution >= 0.6 is 0 Å². The van der Waals surface area contributed by atoms with Crippen LogP contribution in [0, 0.1) is 11.3 Å². The lowest BCUT2D eigenvalue weighted by atomic mass is 9.58. The molecule has 104 valence electrons. The minimum Gasteiger partial charge on any atom is -0.468 e. The van der Waals surface area contributed by atoms with Gasteiger partial charge in [-0.25, -0.2) is 0 Å². The molecule has 3 heteroatoms. The van der Waals surface area contributed by atoms with Crippen LogP contribution in [0.4, 0.5) is 0 Å². The number of fused-ring (bicyclic) bond motifs is 3. The normalized spacial score (nSPS) is 28.2. The molecule has 0 aliphatic heterocycles. The van der Waals surface area contributed by atoms with Crippen molar-refractivity contribution in [2.45, 2.75) is 26.2 Å². The van der Waals surface area contributed by atoms with E-state index in [4.69, 9.17) is 4.74 Å². The molecule has 2 atom stereocenters. The van der Waals surface area contributed by atoms with E-state index in [1.807, 2.05) is 25.1 Å². The summed E-state index contributed by atoms with van der Waals surface area (Å²) in [5, 5.41) is 0. The summed E-state index contributed by atoms with van der Waals surface area (Å²) in [6, 6.07) is 8.03. The Kier molecular flexibility index (Phi) is 3.00. The van der Waals surface area contributed by atoms with Crippen LogP contribution in [-0.4, -0.2) is 18.9 Å².